The van der Waals surface area contributed by atoms with Gasteiger partial charge >= 0.3 is 0 Å². The first-order valence-electron chi connectivity index (χ1n) is 7.34. The fraction of sp³-hybridized carbons (Fsp3) is 0.562. The Labute approximate surface area is 115 Å². The van der Waals surface area contributed by atoms with E-state index in [1.54, 1.807) is 0 Å². The largest absolute Gasteiger partial charge is 0.371 e. The average Bonchev–Trinajstić information content (AvgIpc) is 2.80. The third-order valence-corrected chi connectivity index (χ3v) is 4.55. The lowest BCUT2D eigenvalue weighted by Crippen LogP contribution is -2.42. The van der Waals surface area contributed by atoms with E-state index in [1.807, 2.05) is 12.2 Å². The number of hydrazone groups is 1. The zero-order chi connectivity index (χ0) is 13.2. The number of likely N-dealkylation sites (tertiary alicyclic amines) is 1. The Morgan fingerprint density at radius 3 is 3.11 bits per heavy atom. The van der Waals surface area contributed by atoms with Crippen LogP contribution in [0.15, 0.2) is 42.2 Å². The summed E-state index contributed by atoms with van der Waals surface area (Å²) in [6.07, 6.45) is 11.2. The van der Waals surface area contributed by atoms with Crippen LogP contribution in [0.25, 0.3) is 0 Å². The number of hydrogen-bond acceptors (Lipinski definition) is 3. The monoisotopic (exact) mass is 257 g/mol. The summed E-state index contributed by atoms with van der Waals surface area (Å²) in [6, 6.07) is 0.507. The summed E-state index contributed by atoms with van der Waals surface area (Å²) in [5.41, 5.74) is 6.11. The van der Waals surface area contributed by atoms with Crippen molar-refractivity contribution in [3.63, 3.8) is 0 Å². The van der Waals surface area contributed by atoms with Crippen molar-refractivity contribution in [2.75, 3.05) is 13.1 Å². The minimum absolute atomic E-state index is 0.467. The van der Waals surface area contributed by atoms with E-state index in [1.165, 1.54) is 37.2 Å². The second kappa shape index (κ2) is 5.24. The Hall–Kier alpha value is -1.51. The molecular formula is C16H23N3. The number of allylic oxidation sites excluding steroid dienone is 2. The van der Waals surface area contributed by atoms with Gasteiger partial charge in [0.2, 0.25) is 0 Å². The molecule has 0 spiro atoms. The SMILES string of the molecule is C=CCC1=NN[C@H]2CC3CCCN(CC=C)C3=C[C@H]12. The van der Waals surface area contributed by atoms with Gasteiger partial charge in [0.15, 0.2) is 0 Å². The summed E-state index contributed by atoms with van der Waals surface area (Å²) in [7, 11) is 0. The average molecular weight is 257 g/mol. The standard InChI is InChI=1S/C16H23N3/c1-3-6-14-13-11-16-12(10-15(13)18-17-14)7-5-9-19(16)8-4-2/h3-4,11-13,15,18H,1-2,5-10H2/t12?,13-,15+/m1/s1. The molecule has 2 aliphatic heterocycles. The zero-order valence-electron chi connectivity index (χ0n) is 11.5. The summed E-state index contributed by atoms with van der Waals surface area (Å²) in [6.45, 7) is 9.87. The Morgan fingerprint density at radius 2 is 2.32 bits per heavy atom. The van der Waals surface area contributed by atoms with Gasteiger partial charge in [-0.3, -0.25) is 0 Å². The van der Waals surface area contributed by atoms with Gasteiger partial charge in [0.25, 0.3) is 0 Å². The normalized spacial score (nSPS) is 32.6. The smallest absolute Gasteiger partial charge is 0.0563 e. The summed E-state index contributed by atoms with van der Waals surface area (Å²) in [5, 5.41) is 4.51. The van der Waals surface area contributed by atoms with Crippen LogP contribution in [0.4, 0.5) is 0 Å². The Bertz CT molecular complexity index is 435. The van der Waals surface area contributed by atoms with Crippen LogP contribution in [0.2, 0.25) is 0 Å². The fourth-order valence-corrected chi connectivity index (χ4v) is 3.68. The van der Waals surface area contributed by atoms with E-state index >= 15 is 0 Å². The molecule has 0 saturated carbocycles. The van der Waals surface area contributed by atoms with Gasteiger partial charge in [0.05, 0.1) is 11.8 Å². The third-order valence-electron chi connectivity index (χ3n) is 4.55. The van der Waals surface area contributed by atoms with Gasteiger partial charge < -0.3 is 10.3 Å². The molecule has 0 amide bonds. The minimum atomic E-state index is 0.467. The van der Waals surface area contributed by atoms with Crippen LogP contribution in [0, 0.1) is 11.8 Å². The summed E-state index contributed by atoms with van der Waals surface area (Å²) >= 11 is 0. The molecule has 0 aromatic carbocycles. The first kappa shape index (κ1) is 12.5. The molecule has 1 saturated heterocycles. The molecule has 2 heterocycles. The molecule has 3 rings (SSSR count). The van der Waals surface area contributed by atoms with Crippen LogP contribution in [-0.4, -0.2) is 29.7 Å². The molecule has 3 nitrogen and oxygen atoms in total. The molecule has 0 bridgehead atoms. The lowest BCUT2D eigenvalue weighted by atomic mass is 9.76. The topological polar surface area (TPSA) is 27.6 Å². The summed E-state index contributed by atoms with van der Waals surface area (Å²) in [4.78, 5) is 2.50. The molecule has 3 aliphatic rings. The number of rotatable bonds is 4. The molecular weight excluding hydrogens is 234 g/mol. The van der Waals surface area contributed by atoms with E-state index in [9.17, 15) is 0 Å². The van der Waals surface area contributed by atoms with E-state index in [0.29, 0.717) is 17.9 Å². The van der Waals surface area contributed by atoms with Crippen LogP contribution >= 0.6 is 0 Å². The molecule has 3 atom stereocenters. The van der Waals surface area contributed by atoms with Gasteiger partial charge in [-0.2, -0.15) is 5.10 Å². The summed E-state index contributed by atoms with van der Waals surface area (Å²) in [5.74, 6) is 1.18. The maximum atomic E-state index is 4.51. The second-order valence-corrected chi connectivity index (χ2v) is 5.76. The number of nitrogens with zero attached hydrogens (tertiary/aromatic N) is 2. The Morgan fingerprint density at radius 1 is 1.42 bits per heavy atom. The van der Waals surface area contributed by atoms with Gasteiger partial charge in [-0.1, -0.05) is 18.2 Å². The molecule has 1 unspecified atom stereocenters. The van der Waals surface area contributed by atoms with Crippen LogP contribution in [0.1, 0.15) is 25.7 Å². The highest BCUT2D eigenvalue weighted by molar-refractivity contribution is 5.91. The number of nitrogens with one attached hydrogen (secondary N) is 1. The number of fused-ring (bicyclic) bond motifs is 2. The van der Waals surface area contributed by atoms with E-state index in [4.69, 9.17) is 0 Å². The zero-order valence-corrected chi connectivity index (χ0v) is 11.5. The van der Waals surface area contributed by atoms with E-state index in [2.05, 4.69) is 34.7 Å². The molecule has 1 N–H and O–H groups in total. The van der Waals surface area contributed by atoms with Crippen LogP contribution in [-0.2, 0) is 0 Å². The first-order valence-corrected chi connectivity index (χ1v) is 7.34. The van der Waals surface area contributed by atoms with Crippen LogP contribution in [0.3, 0.4) is 0 Å². The van der Waals surface area contributed by atoms with Crippen LogP contribution in [0.5, 0.6) is 0 Å². The maximum Gasteiger partial charge on any atom is 0.0563 e. The van der Waals surface area contributed by atoms with Crippen molar-refractivity contribution in [3.05, 3.63) is 37.1 Å². The van der Waals surface area contributed by atoms with Gasteiger partial charge in [-0.05, 0) is 19.3 Å². The molecule has 1 fully saturated rings. The highest BCUT2D eigenvalue weighted by Gasteiger charge is 2.39. The van der Waals surface area contributed by atoms with Crippen molar-refractivity contribution in [1.82, 2.24) is 10.3 Å². The molecule has 1 aliphatic carbocycles. The predicted octanol–water partition coefficient (Wildman–Crippen LogP) is 2.69. The maximum absolute atomic E-state index is 4.51. The summed E-state index contributed by atoms with van der Waals surface area (Å²) < 4.78 is 0. The molecule has 3 heteroatoms. The second-order valence-electron chi connectivity index (χ2n) is 5.76. The van der Waals surface area contributed by atoms with Gasteiger partial charge in [0.1, 0.15) is 0 Å². The van der Waals surface area contributed by atoms with Gasteiger partial charge in [-0.25, -0.2) is 0 Å². The van der Waals surface area contributed by atoms with Crippen molar-refractivity contribution in [1.29, 1.82) is 0 Å². The van der Waals surface area contributed by atoms with E-state index in [-0.39, 0.29) is 0 Å². The van der Waals surface area contributed by atoms with Crippen LogP contribution < -0.4 is 5.43 Å². The quantitative estimate of drug-likeness (QED) is 0.784. The van der Waals surface area contributed by atoms with Crippen molar-refractivity contribution < 1.29 is 0 Å². The molecule has 0 aromatic rings. The Balaban J connectivity index is 1.85. The minimum Gasteiger partial charge on any atom is -0.371 e. The van der Waals surface area contributed by atoms with Gasteiger partial charge in [-0.15, -0.1) is 13.2 Å². The highest BCUT2D eigenvalue weighted by Crippen LogP contribution is 2.39. The highest BCUT2D eigenvalue weighted by atomic mass is 15.3. The molecule has 0 aromatic heterocycles. The molecule has 102 valence electrons. The fourth-order valence-electron chi connectivity index (χ4n) is 3.68. The molecule has 0 radical (unpaired) electrons. The Kier molecular flexibility index (Phi) is 3.45. The van der Waals surface area contributed by atoms with Crippen molar-refractivity contribution in [3.8, 4) is 0 Å². The molecule has 19 heavy (non-hydrogen) atoms. The lowest BCUT2D eigenvalue weighted by Gasteiger charge is -2.42. The predicted molar refractivity (Wildman–Crippen MR) is 79.9 cm³/mol. The van der Waals surface area contributed by atoms with E-state index in [0.717, 1.165) is 13.0 Å². The number of piperidine rings is 1. The third kappa shape index (κ3) is 2.22. The van der Waals surface area contributed by atoms with Crippen molar-refractivity contribution >= 4 is 5.71 Å². The van der Waals surface area contributed by atoms with E-state index < -0.39 is 0 Å². The first-order chi connectivity index (χ1) is 9.33. The van der Waals surface area contributed by atoms with Gasteiger partial charge in [0, 0.05) is 37.0 Å². The lowest BCUT2D eigenvalue weighted by molar-refractivity contribution is 0.220. The van der Waals surface area contributed by atoms with Crippen molar-refractivity contribution in [2.24, 2.45) is 16.9 Å². The van der Waals surface area contributed by atoms with Crippen molar-refractivity contribution in [2.45, 2.75) is 31.7 Å². The number of hydrogen-bond donors (Lipinski definition) is 1.